The highest BCUT2D eigenvalue weighted by Gasteiger charge is 2.51. The van der Waals surface area contributed by atoms with Crippen LogP contribution in [0, 0.1) is 10.8 Å². The van der Waals surface area contributed by atoms with Gasteiger partial charge in [0.1, 0.15) is 16.9 Å². The van der Waals surface area contributed by atoms with Crippen LogP contribution in [-0.4, -0.2) is 30.0 Å². The average molecular weight is 505 g/mol. The van der Waals surface area contributed by atoms with Crippen molar-refractivity contribution in [3.05, 3.63) is 35.6 Å². The number of aromatic nitrogens is 2. The highest BCUT2D eigenvalue weighted by Crippen LogP contribution is 2.39. The van der Waals surface area contributed by atoms with Crippen molar-refractivity contribution in [1.29, 1.82) is 0 Å². The van der Waals surface area contributed by atoms with Crippen molar-refractivity contribution in [3.63, 3.8) is 0 Å². The van der Waals surface area contributed by atoms with Gasteiger partial charge in [-0.15, -0.1) is 0 Å². The molecule has 0 bridgehead atoms. The molecule has 0 saturated carbocycles. The largest absolute Gasteiger partial charge is 0.426 e. The molecule has 1 aromatic carbocycles. The quantitative estimate of drug-likeness (QED) is 0.297. The molecule has 1 heterocycles. The third-order valence-corrected chi connectivity index (χ3v) is 12.0. The molecule has 186 valence electrons. The lowest BCUT2D eigenvalue weighted by Gasteiger charge is -2.39. The first-order chi connectivity index (χ1) is 15.5. The summed E-state index contributed by atoms with van der Waals surface area (Å²) < 4.78 is 12.0. The summed E-state index contributed by atoms with van der Waals surface area (Å²) in [5, 5.41) is 0.977. The van der Waals surface area contributed by atoms with Gasteiger partial charge >= 0.3 is 11.9 Å². The van der Waals surface area contributed by atoms with Crippen LogP contribution >= 0.6 is 11.6 Å². The summed E-state index contributed by atoms with van der Waals surface area (Å²) in [6, 6.07) is 5.03. The minimum Gasteiger partial charge on any atom is -0.426 e. The maximum Gasteiger partial charge on any atom is 0.316 e. The zero-order chi connectivity index (χ0) is 26.1. The number of hydrogen-bond acceptors (Lipinski definition) is 6. The van der Waals surface area contributed by atoms with Crippen molar-refractivity contribution in [2.24, 2.45) is 10.8 Å². The lowest BCUT2D eigenvalue weighted by molar-refractivity contribution is -0.143. The Balaban J connectivity index is 2.99. The van der Waals surface area contributed by atoms with Crippen molar-refractivity contribution in [3.8, 4) is 11.5 Å². The Labute approximate surface area is 209 Å². The molecule has 0 radical (unpaired) electrons. The van der Waals surface area contributed by atoms with E-state index in [1.807, 2.05) is 0 Å². The SMILES string of the molecule is CC(C)[Si](c1ncccn1)(c1c(OC(=O)C(C)(C)C)cc(Cl)cc1OC(=O)C(C)(C)C)C(C)C. The first kappa shape index (κ1) is 28.0. The summed E-state index contributed by atoms with van der Waals surface area (Å²) in [5.41, 5.74) is -0.649. The highest BCUT2D eigenvalue weighted by molar-refractivity contribution is 7.04. The van der Waals surface area contributed by atoms with Crippen molar-refractivity contribution in [2.45, 2.75) is 80.3 Å². The summed E-state index contributed by atoms with van der Waals surface area (Å²) in [7, 11) is -2.90. The number of benzene rings is 1. The fourth-order valence-electron chi connectivity index (χ4n) is 4.02. The first-order valence-corrected chi connectivity index (χ1v) is 14.1. The molecule has 0 spiro atoms. The standard InChI is InChI=1S/C26H37ClN2O4Si/c1-16(2)34(17(3)4,24-28-12-11-13-29-24)21-19(32-22(30)25(5,6)7)14-18(27)15-20(21)33-23(31)26(8,9)10/h11-17H,1-10H3. The smallest absolute Gasteiger partial charge is 0.316 e. The van der Waals surface area contributed by atoms with Crippen LogP contribution in [0.4, 0.5) is 0 Å². The van der Waals surface area contributed by atoms with Gasteiger partial charge in [-0.25, -0.2) is 9.97 Å². The van der Waals surface area contributed by atoms with Gasteiger partial charge in [-0.05, 0) is 70.8 Å². The van der Waals surface area contributed by atoms with E-state index >= 15 is 0 Å². The number of carbonyl (C=O) groups is 2. The fraction of sp³-hybridized carbons (Fsp3) is 0.538. The first-order valence-electron chi connectivity index (χ1n) is 11.6. The van der Waals surface area contributed by atoms with Crippen LogP contribution in [0.1, 0.15) is 69.2 Å². The second-order valence-electron chi connectivity index (χ2n) is 11.3. The van der Waals surface area contributed by atoms with Gasteiger partial charge in [-0.2, -0.15) is 0 Å². The summed E-state index contributed by atoms with van der Waals surface area (Å²) >= 11 is 6.47. The van der Waals surface area contributed by atoms with Gasteiger partial charge in [0.05, 0.1) is 10.8 Å². The normalized spacial score (nSPS) is 12.7. The van der Waals surface area contributed by atoms with Crippen LogP contribution in [0.2, 0.25) is 16.1 Å². The van der Waals surface area contributed by atoms with Gasteiger partial charge in [-0.3, -0.25) is 9.59 Å². The molecule has 0 atom stereocenters. The summed E-state index contributed by atoms with van der Waals surface area (Å²) in [5.74, 6) is -0.224. The third kappa shape index (κ3) is 5.69. The predicted octanol–water partition coefficient (Wildman–Crippen LogP) is 5.42. The van der Waals surface area contributed by atoms with E-state index in [0.717, 1.165) is 0 Å². The van der Waals surface area contributed by atoms with E-state index in [2.05, 4.69) is 37.7 Å². The van der Waals surface area contributed by atoms with E-state index in [4.69, 9.17) is 21.1 Å². The summed E-state index contributed by atoms with van der Waals surface area (Å²) in [6.45, 7) is 19.2. The number of halogens is 1. The Kier molecular flexibility index (Phi) is 8.36. The van der Waals surface area contributed by atoms with Crippen LogP contribution in [0.15, 0.2) is 30.6 Å². The Morgan fingerprint density at radius 1 is 0.824 bits per heavy atom. The Hall–Kier alpha value is -2.25. The van der Waals surface area contributed by atoms with Gasteiger partial charge in [-0.1, -0.05) is 39.3 Å². The van der Waals surface area contributed by atoms with Crippen LogP contribution in [-0.2, 0) is 9.59 Å². The number of hydrogen-bond donors (Lipinski definition) is 0. The molecular formula is C26H37ClN2O4Si. The predicted molar refractivity (Wildman–Crippen MR) is 139 cm³/mol. The minimum absolute atomic E-state index is 0.0789. The molecule has 8 heteroatoms. The Morgan fingerprint density at radius 2 is 1.21 bits per heavy atom. The molecule has 2 aromatic rings. The summed E-state index contributed by atoms with van der Waals surface area (Å²) in [6.07, 6.45) is 3.43. The molecule has 2 rings (SSSR count). The van der Waals surface area contributed by atoms with E-state index in [1.165, 1.54) is 0 Å². The molecule has 0 N–H and O–H groups in total. The van der Waals surface area contributed by atoms with E-state index in [-0.39, 0.29) is 11.1 Å². The third-order valence-electron chi connectivity index (χ3n) is 5.83. The Bertz CT molecular complexity index is 984. The molecule has 1 aromatic heterocycles. The maximum absolute atomic E-state index is 13.0. The van der Waals surface area contributed by atoms with E-state index in [0.29, 0.717) is 27.2 Å². The second-order valence-corrected chi connectivity index (χ2v) is 16.7. The lowest BCUT2D eigenvalue weighted by Crippen LogP contribution is -2.65. The molecule has 6 nitrogen and oxygen atoms in total. The van der Waals surface area contributed by atoms with Crippen molar-refractivity contribution < 1.29 is 19.1 Å². The average Bonchev–Trinajstić information content (AvgIpc) is 2.69. The van der Waals surface area contributed by atoms with Crippen molar-refractivity contribution in [2.75, 3.05) is 0 Å². The minimum atomic E-state index is -2.90. The van der Waals surface area contributed by atoms with Crippen LogP contribution in [0.5, 0.6) is 11.5 Å². The number of carbonyl (C=O) groups excluding carboxylic acids is 2. The second kappa shape index (κ2) is 10.2. The zero-order valence-electron chi connectivity index (χ0n) is 21.9. The topological polar surface area (TPSA) is 78.4 Å². The molecular weight excluding hydrogens is 468 g/mol. The van der Waals surface area contributed by atoms with Gasteiger partial charge in [0.2, 0.25) is 0 Å². The maximum atomic E-state index is 13.0. The van der Waals surface area contributed by atoms with Crippen LogP contribution in [0.3, 0.4) is 0 Å². The Morgan fingerprint density at radius 3 is 1.53 bits per heavy atom. The number of esters is 2. The molecule has 0 saturated heterocycles. The molecule has 0 aliphatic carbocycles. The van der Waals surface area contributed by atoms with E-state index in [1.54, 1.807) is 72.1 Å². The number of nitrogens with zero attached hydrogens (tertiary/aromatic N) is 2. The van der Waals surface area contributed by atoms with Gasteiger partial charge < -0.3 is 9.47 Å². The molecule has 0 fully saturated rings. The lowest BCUT2D eigenvalue weighted by atomic mass is 9.97. The molecule has 0 aliphatic rings. The monoisotopic (exact) mass is 504 g/mol. The van der Waals surface area contributed by atoms with Gasteiger partial charge in [0.25, 0.3) is 0 Å². The van der Waals surface area contributed by atoms with E-state index in [9.17, 15) is 9.59 Å². The molecule has 0 aliphatic heterocycles. The molecule has 34 heavy (non-hydrogen) atoms. The van der Waals surface area contributed by atoms with Gasteiger partial charge in [0, 0.05) is 22.6 Å². The zero-order valence-corrected chi connectivity index (χ0v) is 23.7. The molecule has 0 amide bonds. The fourth-order valence-corrected chi connectivity index (χ4v) is 9.60. The van der Waals surface area contributed by atoms with Crippen LogP contribution < -0.4 is 20.1 Å². The van der Waals surface area contributed by atoms with Crippen molar-refractivity contribution in [1.82, 2.24) is 9.97 Å². The van der Waals surface area contributed by atoms with Gasteiger partial charge in [0.15, 0.2) is 8.07 Å². The van der Waals surface area contributed by atoms with Crippen molar-refractivity contribution >= 4 is 42.2 Å². The molecule has 0 unspecified atom stereocenters. The van der Waals surface area contributed by atoms with Crippen LogP contribution in [0.25, 0.3) is 0 Å². The highest BCUT2D eigenvalue weighted by atomic mass is 35.5. The van der Waals surface area contributed by atoms with E-state index < -0.39 is 30.8 Å². The number of rotatable bonds is 6. The number of ether oxygens (including phenoxy) is 2. The summed E-state index contributed by atoms with van der Waals surface area (Å²) in [4.78, 5) is 35.3.